The normalized spacial score (nSPS) is 29.7. The number of ether oxygens (including phenoxy) is 3. The highest BCUT2D eigenvalue weighted by Crippen LogP contribution is 2.43. The number of aliphatic hydroxyl groups is 1. The fourth-order valence-electron chi connectivity index (χ4n) is 4.25. The van der Waals surface area contributed by atoms with Crippen molar-refractivity contribution in [3.63, 3.8) is 0 Å². The maximum atomic E-state index is 9.73. The lowest BCUT2D eigenvalue weighted by molar-refractivity contribution is -0.199. The van der Waals surface area contributed by atoms with Crippen molar-refractivity contribution in [3.05, 3.63) is 12.7 Å². The van der Waals surface area contributed by atoms with Crippen molar-refractivity contribution in [1.29, 1.82) is 0 Å². The van der Waals surface area contributed by atoms with Crippen LogP contribution in [0, 0.1) is 12.3 Å². The molecule has 5 rings (SSSR count). The van der Waals surface area contributed by atoms with Crippen LogP contribution in [-0.4, -0.2) is 67.5 Å². The summed E-state index contributed by atoms with van der Waals surface area (Å²) in [4.78, 5) is 13.3. The Morgan fingerprint density at radius 2 is 2.00 bits per heavy atom. The first-order valence-corrected chi connectivity index (χ1v) is 10.4. The molecule has 0 radical (unpaired) electrons. The van der Waals surface area contributed by atoms with E-state index in [-0.39, 0.29) is 24.5 Å². The Bertz CT molecular complexity index is 1040. The Morgan fingerprint density at radius 1 is 1.19 bits per heavy atom. The molecule has 2 fully saturated rings. The number of aliphatic hydroxyl groups excluding tert-OH is 1. The summed E-state index contributed by atoms with van der Waals surface area (Å²) in [6.07, 6.45) is 8.86. The van der Waals surface area contributed by atoms with Crippen LogP contribution < -0.4 is 5.32 Å². The van der Waals surface area contributed by atoms with Gasteiger partial charge in [-0.25, -0.2) is 15.0 Å². The van der Waals surface area contributed by atoms with Gasteiger partial charge in [-0.3, -0.25) is 4.57 Å². The standard InChI is InChI=1S/C20H25N7O4/c1-4-5-6-20(25-26-20)7-8-21-16-13-17(23-10-22-16)27(11-24-13)18-15-14(12(9-28)29-18)30-19(2,3)31-15/h1,10-12,14-15,18,28H,5-9H2,2-3H3,(H,21,22,23)/t12-,14?,15+,18-/m0/s1. The molecule has 4 atom stereocenters. The maximum absolute atomic E-state index is 9.73. The summed E-state index contributed by atoms with van der Waals surface area (Å²) in [5, 5.41) is 21.3. The highest BCUT2D eigenvalue weighted by molar-refractivity contribution is 5.82. The van der Waals surface area contributed by atoms with Gasteiger partial charge < -0.3 is 24.6 Å². The van der Waals surface area contributed by atoms with Crippen molar-refractivity contribution in [3.8, 4) is 12.3 Å². The second-order valence-corrected chi connectivity index (χ2v) is 8.42. The number of aromatic nitrogens is 4. The zero-order valence-corrected chi connectivity index (χ0v) is 17.4. The van der Waals surface area contributed by atoms with Gasteiger partial charge in [0.05, 0.1) is 12.9 Å². The first-order valence-electron chi connectivity index (χ1n) is 10.4. The number of anilines is 1. The fraction of sp³-hybridized carbons (Fsp3) is 0.650. The molecule has 11 heteroatoms. The van der Waals surface area contributed by atoms with Crippen molar-refractivity contribution in [2.75, 3.05) is 18.5 Å². The summed E-state index contributed by atoms with van der Waals surface area (Å²) in [5.41, 5.74) is 0.871. The van der Waals surface area contributed by atoms with Crippen LogP contribution in [0.25, 0.3) is 11.2 Å². The number of terminal acetylenes is 1. The summed E-state index contributed by atoms with van der Waals surface area (Å²) in [7, 11) is 0. The second kappa shape index (κ2) is 7.49. The number of hydrogen-bond donors (Lipinski definition) is 2. The average molecular weight is 427 g/mol. The Labute approximate surface area is 179 Å². The van der Waals surface area contributed by atoms with Crippen molar-refractivity contribution >= 4 is 17.0 Å². The molecule has 1 unspecified atom stereocenters. The van der Waals surface area contributed by atoms with E-state index in [2.05, 4.69) is 36.4 Å². The predicted molar refractivity (Wildman–Crippen MR) is 109 cm³/mol. The summed E-state index contributed by atoms with van der Waals surface area (Å²) < 4.78 is 19.8. The molecule has 11 nitrogen and oxygen atoms in total. The van der Waals surface area contributed by atoms with Crippen LogP contribution in [0.4, 0.5) is 5.82 Å². The average Bonchev–Trinajstić information content (AvgIpc) is 3.08. The van der Waals surface area contributed by atoms with Gasteiger partial charge in [0.25, 0.3) is 0 Å². The molecule has 0 amide bonds. The molecule has 5 heterocycles. The number of nitrogens with zero attached hydrogens (tertiary/aromatic N) is 6. The lowest BCUT2D eigenvalue weighted by Crippen LogP contribution is -2.31. The third kappa shape index (κ3) is 3.65. The van der Waals surface area contributed by atoms with Gasteiger partial charge in [-0.2, -0.15) is 10.2 Å². The molecule has 0 saturated carbocycles. The van der Waals surface area contributed by atoms with Crippen LogP contribution in [0.2, 0.25) is 0 Å². The number of hydrogen-bond acceptors (Lipinski definition) is 10. The van der Waals surface area contributed by atoms with Gasteiger partial charge in [-0.15, -0.1) is 12.3 Å². The molecule has 0 aliphatic carbocycles. The summed E-state index contributed by atoms with van der Waals surface area (Å²) in [6.45, 7) is 4.16. The van der Waals surface area contributed by atoms with Crippen molar-refractivity contribution < 1.29 is 19.3 Å². The Balaban J connectivity index is 1.33. The first-order chi connectivity index (χ1) is 15.0. The third-order valence-electron chi connectivity index (χ3n) is 5.81. The van der Waals surface area contributed by atoms with E-state index in [4.69, 9.17) is 20.6 Å². The van der Waals surface area contributed by atoms with Gasteiger partial charge in [-0.1, -0.05) is 0 Å². The molecule has 3 aliphatic heterocycles. The predicted octanol–water partition coefficient (Wildman–Crippen LogP) is 1.61. The molecule has 2 N–H and O–H groups in total. The minimum absolute atomic E-state index is 0.164. The van der Waals surface area contributed by atoms with Crippen molar-refractivity contribution in [2.45, 2.75) is 69.1 Å². The molecule has 3 aliphatic rings. The van der Waals surface area contributed by atoms with E-state index in [9.17, 15) is 5.11 Å². The van der Waals surface area contributed by atoms with Crippen LogP contribution in [-0.2, 0) is 14.2 Å². The lowest BCUT2D eigenvalue weighted by Gasteiger charge is -2.24. The summed E-state index contributed by atoms with van der Waals surface area (Å²) in [6, 6.07) is 0. The first kappa shape index (κ1) is 20.3. The van der Waals surface area contributed by atoms with E-state index < -0.39 is 18.1 Å². The molecule has 31 heavy (non-hydrogen) atoms. The quantitative estimate of drug-likeness (QED) is 0.608. The highest BCUT2D eigenvalue weighted by Gasteiger charge is 2.56. The maximum Gasteiger partial charge on any atom is 0.193 e. The zero-order valence-electron chi connectivity index (χ0n) is 17.4. The monoisotopic (exact) mass is 427 g/mol. The summed E-state index contributed by atoms with van der Waals surface area (Å²) >= 11 is 0. The van der Waals surface area contributed by atoms with E-state index in [1.807, 2.05) is 13.8 Å². The molecule has 2 aromatic heterocycles. The van der Waals surface area contributed by atoms with Crippen LogP contribution in [0.3, 0.4) is 0 Å². The molecular weight excluding hydrogens is 402 g/mol. The van der Waals surface area contributed by atoms with Crippen LogP contribution >= 0.6 is 0 Å². The minimum atomic E-state index is -0.753. The second-order valence-electron chi connectivity index (χ2n) is 8.42. The Kier molecular flexibility index (Phi) is 4.90. The van der Waals surface area contributed by atoms with Gasteiger partial charge in [0, 0.05) is 25.8 Å². The Morgan fingerprint density at radius 3 is 2.74 bits per heavy atom. The lowest BCUT2D eigenvalue weighted by atomic mass is 10.0. The smallest absolute Gasteiger partial charge is 0.193 e. The summed E-state index contributed by atoms with van der Waals surface area (Å²) in [5.74, 6) is 2.50. The van der Waals surface area contributed by atoms with Crippen LogP contribution in [0.15, 0.2) is 22.9 Å². The molecule has 2 aromatic rings. The van der Waals surface area contributed by atoms with Crippen LogP contribution in [0.5, 0.6) is 0 Å². The Hall–Kier alpha value is -2.65. The van der Waals surface area contributed by atoms with Crippen LogP contribution in [0.1, 0.15) is 39.3 Å². The van der Waals surface area contributed by atoms with Crippen molar-refractivity contribution in [2.24, 2.45) is 10.2 Å². The SMILES string of the molecule is C#CCCC1(CCNc2ncnc3c2ncn3[C@H]2O[C@@H](CO)C3OC(C)(C)O[C@H]32)N=N1. The van der Waals surface area contributed by atoms with Gasteiger partial charge in [0.2, 0.25) is 0 Å². The van der Waals surface area contributed by atoms with E-state index in [0.29, 0.717) is 29.9 Å². The number of fused-ring (bicyclic) bond motifs is 2. The number of nitrogens with one attached hydrogen (secondary N) is 1. The van der Waals surface area contributed by atoms with Gasteiger partial charge in [-0.05, 0) is 13.8 Å². The minimum Gasteiger partial charge on any atom is -0.394 e. The third-order valence-corrected chi connectivity index (χ3v) is 5.81. The molecule has 0 bridgehead atoms. The fourth-order valence-corrected chi connectivity index (χ4v) is 4.25. The molecule has 164 valence electrons. The highest BCUT2D eigenvalue weighted by atomic mass is 16.8. The van der Waals surface area contributed by atoms with E-state index >= 15 is 0 Å². The zero-order chi connectivity index (χ0) is 21.6. The molecule has 0 aromatic carbocycles. The largest absolute Gasteiger partial charge is 0.394 e. The van der Waals surface area contributed by atoms with Gasteiger partial charge >= 0.3 is 0 Å². The number of rotatable bonds is 8. The molecular formula is C20H25N7O4. The molecule has 0 spiro atoms. The van der Waals surface area contributed by atoms with Crippen molar-refractivity contribution in [1.82, 2.24) is 19.5 Å². The molecule has 2 saturated heterocycles. The van der Waals surface area contributed by atoms with E-state index in [1.165, 1.54) is 6.33 Å². The van der Waals surface area contributed by atoms with Gasteiger partial charge in [0.15, 0.2) is 34.7 Å². The van der Waals surface area contributed by atoms with E-state index in [1.54, 1.807) is 10.9 Å². The topological polar surface area (TPSA) is 128 Å². The number of imidazole rings is 1. The van der Waals surface area contributed by atoms with E-state index in [0.717, 1.165) is 12.8 Å². The van der Waals surface area contributed by atoms with Gasteiger partial charge in [0.1, 0.15) is 24.6 Å².